The summed E-state index contributed by atoms with van der Waals surface area (Å²) in [7, 11) is 0. The van der Waals surface area contributed by atoms with E-state index in [1.807, 2.05) is 0 Å². The molecule has 0 bridgehead atoms. The van der Waals surface area contributed by atoms with E-state index >= 15 is 0 Å². The molecule has 0 spiro atoms. The minimum atomic E-state index is -1.74. The molecule has 0 saturated carbocycles. The Kier molecular flexibility index (Phi) is 5.71. The zero-order valence-electron chi connectivity index (χ0n) is 17.2. The zero-order chi connectivity index (χ0) is 23.9. The normalized spacial score (nSPS) is 11.1. The van der Waals surface area contributed by atoms with E-state index in [0.29, 0.717) is 28.0 Å². The minimum Gasteiger partial charge on any atom is -0.467 e. The Morgan fingerprint density at radius 2 is 1.73 bits per heavy atom. The van der Waals surface area contributed by atoms with E-state index in [1.54, 1.807) is 25.2 Å². The number of amides is 1. The van der Waals surface area contributed by atoms with Crippen molar-refractivity contribution in [1.82, 2.24) is 14.8 Å². The number of benzene rings is 2. The number of carbonyl (C=O) groups excluding carboxylic acids is 1. The molecule has 0 aliphatic rings. The summed E-state index contributed by atoms with van der Waals surface area (Å²) in [6.45, 7) is 2.74. The third-order valence-corrected chi connectivity index (χ3v) is 4.77. The van der Waals surface area contributed by atoms with Gasteiger partial charge in [0.15, 0.2) is 35.5 Å². The van der Waals surface area contributed by atoms with Crippen molar-refractivity contribution in [2.45, 2.75) is 13.8 Å². The van der Waals surface area contributed by atoms with Crippen LogP contribution in [0.4, 0.5) is 27.6 Å². The summed E-state index contributed by atoms with van der Waals surface area (Å²) in [5.41, 5.74) is 0.801. The number of anilines is 1. The van der Waals surface area contributed by atoms with Gasteiger partial charge in [-0.15, -0.1) is 0 Å². The fourth-order valence-electron chi connectivity index (χ4n) is 3.33. The molecule has 0 fully saturated rings. The second-order valence-corrected chi connectivity index (χ2v) is 7.13. The van der Waals surface area contributed by atoms with E-state index in [4.69, 9.17) is 4.74 Å². The number of aryl methyl sites for hydroxylation is 2. The molecule has 2 heterocycles. The Labute approximate surface area is 183 Å². The monoisotopic (exact) mass is 462 g/mol. The molecule has 0 aliphatic carbocycles. The number of aromatic nitrogens is 3. The molecule has 0 atom stereocenters. The Hall–Kier alpha value is -4.02. The standard InChI is InChI=1S/C22H15F5N4O2/c1-10-6-17(33-9-16(32)28-21-19(26)14(24)8-15(25)20(21)27)29-22-18(10)11(2)30-31(22)13-5-3-4-12(23)7-13/h3-8H,9H2,1-2H3,(H,28,32). The maximum atomic E-state index is 13.7. The number of rotatable bonds is 5. The SMILES string of the molecule is Cc1cc(OCC(=O)Nc2c(F)c(F)cc(F)c2F)nc2c1c(C)nn2-c1cccc(F)c1. The number of fused-ring (bicyclic) bond motifs is 1. The second kappa shape index (κ2) is 8.49. The van der Waals surface area contributed by atoms with Gasteiger partial charge in [0.1, 0.15) is 11.5 Å². The van der Waals surface area contributed by atoms with Crippen LogP contribution in [0.2, 0.25) is 0 Å². The van der Waals surface area contributed by atoms with Crippen molar-refractivity contribution >= 4 is 22.6 Å². The molecule has 0 unspecified atom stereocenters. The first-order valence-corrected chi connectivity index (χ1v) is 9.54. The number of carbonyl (C=O) groups is 1. The summed E-state index contributed by atoms with van der Waals surface area (Å²) in [6.07, 6.45) is 0. The Morgan fingerprint density at radius 3 is 2.39 bits per heavy atom. The predicted octanol–water partition coefficient (Wildman–Crippen LogP) is 4.75. The quantitative estimate of drug-likeness (QED) is 0.343. The molecule has 2 aromatic heterocycles. The zero-order valence-corrected chi connectivity index (χ0v) is 17.2. The maximum absolute atomic E-state index is 13.7. The number of ether oxygens (including phenoxy) is 1. The van der Waals surface area contributed by atoms with Gasteiger partial charge in [0.25, 0.3) is 5.91 Å². The van der Waals surface area contributed by atoms with Crippen molar-refractivity contribution in [2.75, 3.05) is 11.9 Å². The van der Waals surface area contributed by atoms with Gasteiger partial charge in [-0.05, 0) is 37.6 Å². The number of halogens is 5. The maximum Gasteiger partial charge on any atom is 0.262 e. The lowest BCUT2D eigenvalue weighted by molar-refractivity contribution is -0.118. The van der Waals surface area contributed by atoms with Gasteiger partial charge in [0.2, 0.25) is 5.88 Å². The van der Waals surface area contributed by atoms with Crippen molar-refractivity contribution in [3.8, 4) is 11.6 Å². The molecule has 4 rings (SSSR count). The van der Waals surface area contributed by atoms with Gasteiger partial charge in [0.05, 0.1) is 11.4 Å². The van der Waals surface area contributed by atoms with E-state index < -0.39 is 47.3 Å². The molecular formula is C22H15F5N4O2. The molecular weight excluding hydrogens is 447 g/mol. The lowest BCUT2D eigenvalue weighted by Gasteiger charge is -2.11. The van der Waals surface area contributed by atoms with Gasteiger partial charge >= 0.3 is 0 Å². The summed E-state index contributed by atoms with van der Waals surface area (Å²) >= 11 is 0. The van der Waals surface area contributed by atoms with E-state index in [9.17, 15) is 26.7 Å². The largest absolute Gasteiger partial charge is 0.467 e. The van der Waals surface area contributed by atoms with E-state index in [-0.39, 0.29) is 11.9 Å². The van der Waals surface area contributed by atoms with E-state index in [2.05, 4.69) is 10.1 Å². The van der Waals surface area contributed by atoms with E-state index in [0.717, 1.165) is 0 Å². The first-order chi connectivity index (χ1) is 15.7. The average molecular weight is 462 g/mol. The Morgan fingerprint density at radius 1 is 1.03 bits per heavy atom. The Bertz CT molecular complexity index is 1380. The third kappa shape index (κ3) is 4.21. The van der Waals surface area contributed by atoms with Crippen LogP contribution >= 0.6 is 0 Å². The van der Waals surface area contributed by atoms with Crippen LogP contribution in [0.5, 0.6) is 5.88 Å². The van der Waals surface area contributed by atoms with Crippen LogP contribution in [0.3, 0.4) is 0 Å². The first kappa shape index (κ1) is 22.2. The molecule has 1 amide bonds. The highest BCUT2D eigenvalue weighted by molar-refractivity contribution is 5.92. The van der Waals surface area contributed by atoms with Gasteiger partial charge in [0, 0.05) is 17.5 Å². The van der Waals surface area contributed by atoms with Crippen LogP contribution in [-0.2, 0) is 4.79 Å². The smallest absolute Gasteiger partial charge is 0.262 e. The minimum absolute atomic E-state index is 0.0286. The Balaban J connectivity index is 1.60. The summed E-state index contributed by atoms with van der Waals surface area (Å²) < 4.78 is 74.5. The molecule has 33 heavy (non-hydrogen) atoms. The highest BCUT2D eigenvalue weighted by atomic mass is 19.2. The van der Waals surface area contributed by atoms with Crippen molar-refractivity contribution in [3.63, 3.8) is 0 Å². The van der Waals surface area contributed by atoms with Crippen molar-refractivity contribution in [2.24, 2.45) is 0 Å². The fraction of sp³-hybridized carbons (Fsp3) is 0.136. The highest BCUT2D eigenvalue weighted by Crippen LogP contribution is 2.27. The summed E-state index contributed by atoms with van der Waals surface area (Å²) in [4.78, 5) is 16.4. The lowest BCUT2D eigenvalue weighted by Crippen LogP contribution is -2.22. The number of nitrogens with one attached hydrogen (secondary N) is 1. The molecule has 0 saturated heterocycles. The second-order valence-electron chi connectivity index (χ2n) is 7.13. The number of hydrogen-bond acceptors (Lipinski definition) is 4. The third-order valence-electron chi connectivity index (χ3n) is 4.77. The molecule has 0 radical (unpaired) electrons. The van der Waals surface area contributed by atoms with Crippen LogP contribution in [0.25, 0.3) is 16.7 Å². The summed E-state index contributed by atoms with van der Waals surface area (Å²) in [5, 5.41) is 6.83. The van der Waals surface area contributed by atoms with Gasteiger partial charge in [-0.2, -0.15) is 10.1 Å². The number of nitrogens with zero attached hydrogens (tertiary/aromatic N) is 3. The van der Waals surface area contributed by atoms with Crippen molar-refractivity contribution in [1.29, 1.82) is 0 Å². The molecule has 6 nitrogen and oxygen atoms in total. The molecule has 1 N–H and O–H groups in total. The number of pyridine rings is 1. The molecule has 170 valence electrons. The van der Waals surface area contributed by atoms with Crippen LogP contribution in [0.15, 0.2) is 36.4 Å². The molecule has 11 heteroatoms. The fourth-order valence-corrected chi connectivity index (χ4v) is 3.33. The van der Waals surface area contributed by atoms with Crippen LogP contribution in [0.1, 0.15) is 11.3 Å². The van der Waals surface area contributed by atoms with Gasteiger partial charge in [-0.1, -0.05) is 6.07 Å². The first-order valence-electron chi connectivity index (χ1n) is 9.54. The highest BCUT2D eigenvalue weighted by Gasteiger charge is 2.21. The lowest BCUT2D eigenvalue weighted by atomic mass is 10.2. The van der Waals surface area contributed by atoms with Crippen LogP contribution < -0.4 is 10.1 Å². The van der Waals surface area contributed by atoms with Crippen LogP contribution in [-0.4, -0.2) is 27.3 Å². The number of hydrogen-bond donors (Lipinski definition) is 1. The average Bonchev–Trinajstić information content (AvgIpc) is 3.11. The topological polar surface area (TPSA) is 69.0 Å². The molecule has 4 aromatic rings. The summed E-state index contributed by atoms with van der Waals surface area (Å²) in [5.74, 6) is -8.38. The van der Waals surface area contributed by atoms with Gasteiger partial charge in [-0.25, -0.2) is 26.6 Å². The van der Waals surface area contributed by atoms with Crippen molar-refractivity contribution < 1.29 is 31.5 Å². The summed E-state index contributed by atoms with van der Waals surface area (Å²) in [6, 6.07) is 7.24. The molecule has 0 aliphatic heterocycles. The van der Waals surface area contributed by atoms with Gasteiger partial charge < -0.3 is 10.1 Å². The predicted molar refractivity (Wildman–Crippen MR) is 109 cm³/mol. The van der Waals surface area contributed by atoms with Crippen molar-refractivity contribution in [3.05, 3.63) is 76.7 Å². The molecule has 2 aromatic carbocycles. The van der Waals surface area contributed by atoms with Crippen LogP contribution in [0, 0.1) is 42.9 Å². The van der Waals surface area contributed by atoms with E-state index in [1.165, 1.54) is 28.9 Å². The van der Waals surface area contributed by atoms with Gasteiger partial charge in [-0.3, -0.25) is 4.79 Å².